The largest absolute Gasteiger partial charge is 0.454 e. The van der Waals surface area contributed by atoms with Gasteiger partial charge < -0.3 is 14.8 Å². The third-order valence-corrected chi connectivity index (χ3v) is 3.94. The number of carbonyl (C=O) groups excluding carboxylic acids is 1. The zero-order valence-corrected chi connectivity index (χ0v) is 12.6. The molecule has 0 atom stereocenters. The first-order valence-electron chi connectivity index (χ1n) is 6.08. The van der Waals surface area contributed by atoms with Crippen LogP contribution in [-0.4, -0.2) is 23.9 Å². The topological polar surface area (TPSA) is 60.5 Å². The molecule has 1 aliphatic heterocycles. The van der Waals surface area contributed by atoms with Gasteiger partial charge in [0.15, 0.2) is 11.5 Å². The van der Waals surface area contributed by atoms with Crippen LogP contribution < -0.4 is 14.8 Å². The van der Waals surface area contributed by atoms with E-state index in [0.717, 1.165) is 0 Å². The van der Waals surface area contributed by atoms with E-state index < -0.39 is 0 Å². The van der Waals surface area contributed by atoms with Gasteiger partial charge in [0.05, 0.1) is 16.3 Å². The lowest BCUT2D eigenvalue weighted by atomic mass is 10.2. The second-order valence-electron chi connectivity index (χ2n) is 4.20. The molecule has 21 heavy (non-hydrogen) atoms. The van der Waals surface area contributed by atoms with Gasteiger partial charge in [-0.3, -0.25) is 4.79 Å². The molecular weight excluding hydrogens is 312 g/mol. The van der Waals surface area contributed by atoms with Gasteiger partial charge in [-0.1, -0.05) is 11.6 Å². The number of fused-ring (bicyclic) bond motifs is 1. The average Bonchev–Trinajstić information content (AvgIpc) is 2.94. The number of hydrogen-bond donors (Lipinski definition) is 1. The molecule has 1 aliphatic rings. The fourth-order valence-corrected chi connectivity index (χ4v) is 2.68. The molecule has 1 amide bonds. The van der Waals surface area contributed by atoms with E-state index in [9.17, 15) is 4.79 Å². The Labute approximate surface area is 130 Å². The van der Waals surface area contributed by atoms with Crippen LogP contribution in [0.5, 0.6) is 11.5 Å². The van der Waals surface area contributed by atoms with E-state index in [1.165, 1.54) is 11.8 Å². The van der Waals surface area contributed by atoms with Crippen LogP contribution in [0.25, 0.3) is 0 Å². The van der Waals surface area contributed by atoms with Crippen molar-refractivity contribution < 1.29 is 14.3 Å². The van der Waals surface area contributed by atoms with Crippen LogP contribution in [0.4, 0.5) is 5.69 Å². The molecule has 3 rings (SSSR count). The summed E-state index contributed by atoms with van der Waals surface area (Å²) in [6, 6.07) is 6.71. The maximum absolute atomic E-state index is 12.4. The first kappa shape index (κ1) is 14.0. The van der Waals surface area contributed by atoms with Crippen molar-refractivity contribution in [2.24, 2.45) is 0 Å². The predicted octanol–water partition coefficient (Wildman–Crippen LogP) is 3.44. The Balaban J connectivity index is 1.88. The van der Waals surface area contributed by atoms with Gasteiger partial charge in [0, 0.05) is 18.3 Å². The van der Waals surface area contributed by atoms with E-state index in [4.69, 9.17) is 21.1 Å². The number of nitrogens with one attached hydrogen (secondary N) is 1. The Bertz CT molecular complexity index is 709. The summed E-state index contributed by atoms with van der Waals surface area (Å²) >= 11 is 7.55. The molecule has 7 heteroatoms. The zero-order chi connectivity index (χ0) is 14.8. The van der Waals surface area contributed by atoms with Crippen LogP contribution in [0.3, 0.4) is 0 Å². The Kier molecular flexibility index (Phi) is 3.90. The summed E-state index contributed by atoms with van der Waals surface area (Å²) in [6.07, 6.45) is 3.52. The van der Waals surface area contributed by atoms with Gasteiger partial charge in [-0.15, -0.1) is 11.8 Å². The summed E-state index contributed by atoms with van der Waals surface area (Å²) in [6.45, 7) is 0.155. The number of ether oxygens (including phenoxy) is 2. The molecule has 2 aromatic rings. The molecule has 0 fully saturated rings. The monoisotopic (exact) mass is 322 g/mol. The number of amides is 1. The first-order chi connectivity index (χ1) is 10.2. The van der Waals surface area contributed by atoms with Crippen LogP contribution in [0.15, 0.2) is 35.5 Å². The van der Waals surface area contributed by atoms with Gasteiger partial charge in [-0.25, -0.2) is 4.98 Å². The van der Waals surface area contributed by atoms with Crippen molar-refractivity contribution in [2.75, 3.05) is 18.4 Å². The van der Waals surface area contributed by atoms with Gasteiger partial charge in [-0.2, -0.15) is 0 Å². The molecule has 2 heterocycles. The second-order valence-corrected chi connectivity index (χ2v) is 5.40. The molecule has 0 saturated heterocycles. The summed E-state index contributed by atoms with van der Waals surface area (Å²) in [7, 11) is 0. The number of anilines is 1. The lowest BCUT2D eigenvalue weighted by Crippen LogP contribution is -2.13. The second kappa shape index (κ2) is 5.83. The van der Waals surface area contributed by atoms with Crippen LogP contribution in [0.2, 0.25) is 5.02 Å². The number of hydrogen-bond acceptors (Lipinski definition) is 5. The Morgan fingerprint density at radius 1 is 1.38 bits per heavy atom. The lowest BCUT2D eigenvalue weighted by Gasteiger charge is -2.10. The minimum Gasteiger partial charge on any atom is -0.454 e. The minimum absolute atomic E-state index is 0.155. The first-order valence-corrected chi connectivity index (χ1v) is 7.69. The Morgan fingerprint density at radius 2 is 2.14 bits per heavy atom. The molecule has 1 aromatic heterocycles. The molecule has 1 N–H and O–H groups in total. The highest BCUT2D eigenvalue weighted by molar-refractivity contribution is 7.98. The normalized spacial score (nSPS) is 12.3. The van der Waals surface area contributed by atoms with E-state index in [2.05, 4.69) is 10.3 Å². The van der Waals surface area contributed by atoms with E-state index in [1.807, 2.05) is 6.26 Å². The van der Waals surface area contributed by atoms with E-state index in [-0.39, 0.29) is 12.7 Å². The van der Waals surface area contributed by atoms with E-state index >= 15 is 0 Å². The smallest absolute Gasteiger partial charge is 0.258 e. The van der Waals surface area contributed by atoms with Crippen molar-refractivity contribution in [3.05, 3.63) is 41.0 Å². The molecule has 0 unspecified atom stereocenters. The van der Waals surface area contributed by atoms with Crippen molar-refractivity contribution in [1.29, 1.82) is 0 Å². The zero-order valence-electron chi connectivity index (χ0n) is 11.1. The van der Waals surface area contributed by atoms with Gasteiger partial charge in [0.1, 0.15) is 5.03 Å². The third-order valence-electron chi connectivity index (χ3n) is 2.92. The third kappa shape index (κ3) is 2.77. The SMILES string of the molecule is CSc1ncccc1C(=O)Nc1cc2c(cc1Cl)OCO2. The maximum atomic E-state index is 12.4. The lowest BCUT2D eigenvalue weighted by molar-refractivity contribution is 0.102. The van der Waals surface area contributed by atoms with Crippen molar-refractivity contribution in [2.45, 2.75) is 5.03 Å². The Morgan fingerprint density at radius 3 is 2.90 bits per heavy atom. The number of pyridine rings is 1. The van der Waals surface area contributed by atoms with Gasteiger partial charge in [0.25, 0.3) is 5.91 Å². The van der Waals surface area contributed by atoms with Crippen LogP contribution in [0.1, 0.15) is 10.4 Å². The van der Waals surface area contributed by atoms with E-state index in [1.54, 1.807) is 30.5 Å². The highest BCUT2D eigenvalue weighted by atomic mass is 35.5. The molecular formula is C14H11ClN2O3S. The van der Waals surface area contributed by atoms with Crippen molar-refractivity contribution in [3.8, 4) is 11.5 Å². The number of halogens is 1. The van der Waals surface area contributed by atoms with Gasteiger partial charge in [0.2, 0.25) is 6.79 Å². The summed E-state index contributed by atoms with van der Waals surface area (Å²) in [5, 5.41) is 3.82. The maximum Gasteiger partial charge on any atom is 0.258 e. The van der Waals surface area contributed by atoms with Gasteiger partial charge >= 0.3 is 0 Å². The fraction of sp³-hybridized carbons (Fsp3) is 0.143. The fourth-order valence-electron chi connectivity index (χ4n) is 1.93. The highest BCUT2D eigenvalue weighted by Crippen LogP contribution is 2.39. The van der Waals surface area contributed by atoms with Crippen LogP contribution >= 0.6 is 23.4 Å². The molecule has 0 bridgehead atoms. The molecule has 1 aromatic carbocycles. The summed E-state index contributed by atoms with van der Waals surface area (Å²) in [5.74, 6) is 0.864. The number of nitrogens with zero attached hydrogens (tertiary/aromatic N) is 1. The van der Waals surface area contributed by atoms with Crippen LogP contribution in [-0.2, 0) is 0 Å². The standard InChI is InChI=1S/C14H11ClN2O3S/c1-21-14-8(3-2-4-16-14)13(18)17-10-6-12-11(5-9(10)15)19-7-20-12/h2-6H,7H2,1H3,(H,17,18). The number of benzene rings is 1. The molecule has 0 spiro atoms. The van der Waals surface area contributed by atoms with Crippen molar-refractivity contribution >= 4 is 35.0 Å². The number of rotatable bonds is 3. The quantitative estimate of drug-likeness (QED) is 0.877. The summed E-state index contributed by atoms with van der Waals surface area (Å²) in [4.78, 5) is 16.5. The van der Waals surface area contributed by atoms with Gasteiger partial charge in [-0.05, 0) is 18.4 Å². The molecule has 0 aliphatic carbocycles. The summed E-state index contributed by atoms with van der Waals surface area (Å²) < 4.78 is 10.5. The minimum atomic E-state index is -0.270. The number of carbonyl (C=O) groups is 1. The predicted molar refractivity (Wildman–Crippen MR) is 81.5 cm³/mol. The molecule has 108 valence electrons. The summed E-state index contributed by atoms with van der Waals surface area (Å²) in [5.41, 5.74) is 0.973. The highest BCUT2D eigenvalue weighted by Gasteiger charge is 2.19. The van der Waals surface area contributed by atoms with Crippen molar-refractivity contribution in [3.63, 3.8) is 0 Å². The van der Waals surface area contributed by atoms with Crippen molar-refractivity contribution in [1.82, 2.24) is 4.98 Å². The number of aromatic nitrogens is 1. The van der Waals surface area contributed by atoms with Crippen LogP contribution in [0, 0.1) is 0 Å². The Hall–Kier alpha value is -1.92. The molecule has 0 saturated carbocycles. The molecule has 0 radical (unpaired) electrons. The average molecular weight is 323 g/mol. The number of thioether (sulfide) groups is 1. The van der Waals surface area contributed by atoms with E-state index in [0.29, 0.717) is 32.8 Å². The molecule has 5 nitrogen and oxygen atoms in total.